The van der Waals surface area contributed by atoms with Crippen molar-refractivity contribution in [1.82, 2.24) is 20.4 Å². The van der Waals surface area contributed by atoms with Crippen LogP contribution in [0.2, 0.25) is 5.02 Å². The van der Waals surface area contributed by atoms with E-state index in [9.17, 15) is 4.79 Å². The number of hydrogen-bond donors (Lipinski definition) is 1. The first-order valence-corrected chi connectivity index (χ1v) is 10.4. The first-order valence-electron chi connectivity index (χ1n) is 10.00. The molecule has 1 aromatic carbocycles. The molecule has 29 heavy (non-hydrogen) atoms. The molecule has 0 aliphatic carbocycles. The molecular formula is C21H29ClN4O3. The minimum absolute atomic E-state index is 0.0345. The number of aryl methyl sites for hydroxylation is 1. The maximum Gasteiger partial charge on any atom is 0.227 e. The highest BCUT2D eigenvalue weighted by molar-refractivity contribution is 6.30. The van der Waals surface area contributed by atoms with Crippen molar-refractivity contribution in [3.05, 3.63) is 46.6 Å². The van der Waals surface area contributed by atoms with Crippen molar-refractivity contribution in [2.24, 2.45) is 0 Å². The Kier molecular flexibility index (Phi) is 7.27. The third-order valence-corrected chi connectivity index (χ3v) is 5.19. The number of ether oxygens (including phenoxy) is 1. The zero-order valence-electron chi connectivity index (χ0n) is 17.3. The average molecular weight is 421 g/mol. The molecule has 1 atom stereocenters. The molecule has 1 unspecified atom stereocenters. The second-order valence-corrected chi connectivity index (χ2v) is 8.72. The van der Waals surface area contributed by atoms with Gasteiger partial charge in [0.25, 0.3) is 0 Å². The smallest absolute Gasteiger partial charge is 0.227 e. The quantitative estimate of drug-likeness (QED) is 0.741. The number of aromatic nitrogens is 2. The molecule has 0 saturated carbocycles. The average Bonchev–Trinajstić information content (AvgIpc) is 3.18. The summed E-state index contributed by atoms with van der Waals surface area (Å²) in [7, 11) is 0. The number of rotatable bonds is 7. The van der Waals surface area contributed by atoms with Crippen molar-refractivity contribution in [2.75, 3.05) is 32.8 Å². The van der Waals surface area contributed by atoms with Crippen molar-refractivity contribution in [1.29, 1.82) is 0 Å². The SMILES string of the molecule is CC(C)(C)c1noc(CCC(=O)NCC(c2ccc(Cl)cc2)N2CCOCC2)n1. The van der Waals surface area contributed by atoms with E-state index < -0.39 is 0 Å². The van der Waals surface area contributed by atoms with Crippen molar-refractivity contribution >= 4 is 17.5 Å². The summed E-state index contributed by atoms with van der Waals surface area (Å²) >= 11 is 6.04. The van der Waals surface area contributed by atoms with E-state index in [4.69, 9.17) is 20.9 Å². The first kappa shape index (κ1) is 21.7. The summed E-state index contributed by atoms with van der Waals surface area (Å²) in [6.45, 7) is 9.67. The molecule has 1 fully saturated rings. The molecule has 0 spiro atoms. The molecule has 7 nitrogen and oxygen atoms in total. The Balaban J connectivity index is 1.56. The van der Waals surface area contributed by atoms with Crippen LogP contribution in [0.25, 0.3) is 0 Å². The van der Waals surface area contributed by atoms with Crippen molar-refractivity contribution in [2.45, 2.75) is 45.1 Å². The normalized spacial score (nSPS) is 16.6. The molecule has 1 N–H and O–H groups in total. The molecule has 1 aromatic heterocycles. The summed E-state index contributed by atoms with van der Waals surface area (Å²) in [5, 5.41) is 7.76. The first-order chi connectivity index (χ1) is 13.8. The second-order valence-electron chi connectivity index (χ2n) is 8.28. The van der Waals surface area contributed by atoms with Gasteiger partial charge in [-0.05, 0) is 17.7 Å². The van der Waals surface area contributed by atoms with Crippen molar-refractivity contribution in [3.63, 3.8) is 0 Å². The molecule has 1 aliphatic heterocycles. The van der Waals surface area contributed by atoms with Gasteiger partial charge in [0.2, 0.25) is 11.8 Å². The van der Waals surface area contributed by atoms with Crippen LogP contribution in [0, 0.1) is 0 Å². The molecule has 158 valence electrons. The molecule has 3 rings (SSSR count). The van der Waals surface area contributed by atoms with E-state index in [1.807, 2.05) is 45.0 Å². The molecule has 1 amide bonds. The van der Waals surface area contributed by atoms with Gasteiger partial charge in [-0.15, -0.1) is 0 Å². The van der Waals surface area contributed by atoms with Crippen LogP contribution < -0.4 is 5.32 Å². The minimum Gasteiger partial charge on any atom is -0.379 e. The van der Waals surface area contributed by atoms with E-state index in [1.54, 1.807) is 0 Å². The van der Waals surface area contributed by atoms with Crippen LogP contribution in [0.3, 0.4) is 0 Å². The monoisotopic (exact) mass is 420 g/mol. The van der Waals surface area contributed by atoms with Gasteiger partial charge in [0, 0.05) is 42.9 Å². The van der Waals surface area contributed by atoms with Crippen LogP contribution in [-0.4, -0.2) is 53.8 Å². The number of halogens is 1. The molecule has 8 heteroatoms. The van der Waals surface area contributed by atoms with Crippen LogP contribution in [-0.2, 0) is 21.4 Å². The fourth-order valence-corrected chi connectivity index (χ4v) is 3.34. The topological polar surface area (TPSA) is 80.5 Å². The number of benzene rings is 1. The Labute approximate surface area is 176 Å². The zero-order chi connectivity index (χ0) is 20.9. The summed E-state index contributed by atoms with van der Waals surface area (Å²) in [4.78, 5) is 19.1. The van der Waals surface area contributed by atoms with Crippen molar-refractivity contribution < 1.29 is 14.1 Å². The van der Waals surface area contributed by atoms with E-state index in [-0.39, 0.29) is 17.4 Å². The molecule has 1 aliphatic rings. The van der Waals surface area contributed by atoms with E-state index in [1.165, 1.54) is 0 Å². The highest BCUT2D eigenvalue weighted by Crippen LogP contribution is 2.23. The third-order valence-electron chi connectivity index (χ3n) is 4.94. The molecule has 0 radical (unpaired) electrons. The van der Waals surface area contributed by atoms with Gasteiger partial charge in [0.05, 0.1) is 19.3 Å². The Hall–Kier alpha value is -1.96. The maximum atomic E-state index is 12.4. The number of nitrogens with zero attached hydrogens (tertiary/aromatic N) is 3. The molecule has 2 aromatic rings. The van der Waals surface area contributed by atoms with Gasteiger partial charge in [0.15, 0.2) is 5.82 Å². The van der Waals surface area contributed by atoms with Gasteiger partial charge in [-0.3, -0.25) is 9.69 Å². The van der Waals surface area contributed by atoms with Gasteiger partial charge in [-0.1, -0.05) is 49.7 Å². The minimum atomic E-state index is -0.173. The third kappa shape index (κ3) is 6.26. The number of amides is 1. The molecular weight excluding hydrogens is 392 g/mol. The molecule has 0 bridgehead atoms. The summed E-state index contributed by atoms with van der Waals surface area (Å²) in [6.07, 6.45) is 0.736. The predicted molar refractivity (Wildman–Crippen MR) is 111 cm³/mol. The standard InChI is InChI=1S/C21H29ClN4O3/c1-21(2,3)20-24-19(29-25-20)9-8-18(27)23-14-17(26-10-12-28-13-11-26)15-4-6-16(22)7-5-15/h4-7,17H,8-14H2,1-3H3,(H,23,27). The summed E-state index contributed by atoms with van der Waals surface area (Å²) in [5.74, 6) is 1.11. The lowest BCUT2D eigenvalue weighted by Gasteiger charge is -2.35. The van der Waals surface area contributed by atoms with Gasteiger partial charge >= 0.3 is 0 Å². The second kappa shape index (κ2) is 9.69. The Bertz CT molecular complexity index is 795. The summed E-state index contributed by atoms with van der Waals surface area (Å²) < 4.78 is 10.7. The number of nitrogens with one attached hydrogen (secondary N) is 1. The van der Waals surface area contributed by atoms with E-state index in [0.29, 0.717) is 49.3 Å². The molecule has 1 saturated heterocycles. The van der Waals surface area contributed by atoms with E-state index in [2.05, 4.69) is 20.4 Å². The van der Waals surface area contributed by atoms with Crippen LogP contribution in [0.5, 0.6) is 0 Å². The summed E-state index contributed by atoms with van der Waals surface area (Å²) in [6, 6.07) is 7.88. The number of carbonyl (C=O) groups is 1. The van der Waals surface area contributed by atoms with Crippen molar-refractivity contribution in [3.8, 4) is 0 Å². The number of morpholine rings is 1. The lowest BCUT2D eigenvalue weighted by atomic mass is 9.96. The Morgan fingerprint density at radius 1 is 1.24 bits per heavy atom. The Morgan fingerprint density at radius 2 is 1.93 bits per heavy atom. The van der Waals surface area contributed by atoms with Gasteiger partial charge in [0.1, 0.15) is 0 Å². The predicted octanol–water partition coefficient (Wildman–Crippen LogP) is 3.14. The maximum absolute atomic E-state index is 12.4. The van der Waals surface area contributed by atoms with Gasteiger partial charge < -0.3 is 14.6 Å². The summed E-state index contributed by atoms with van der Waals surface area (Å²) in [5.41, 5.74) is 0.955. The van der Waals surface area contributed by atoms with Crippen LogP contribution in [0.1, 0.15) is 50.5 Å². The number of hydrogen-bond acceptors (Lipinski definition) is 6. The van der Waals surface area contributed by atoms with Gasteiger partial charge in [-0.2, -0.15) is 4.98 Å². The van der Waals surface area contributed by atoms with Crippen LogP contribution in [0.15, 0.2) is 28.8 Å². The highest BCUT2D eigenvalue weighted by atomic mass is 35.5. The van der Waals surface area contributed by atoms with Crippen LogP contribution in [0.4, 0.5) is 0 Å². The molecule has 2 heterocycles. The van der Waals surface area contributed by atoms with E-state index >= 15 is 0 Å². The zero-order valence-corrected chi connectivity index (χ0v) is 18.0. The van der Waals surface area contributed by atoms with E-state index in [0.717, 1.165) is 18.7 Å². The fourth-order valence-electron chi connectivity index (χ4n) is 3.21. The Morgan fingerprint density at radius 3 is 2.55 bits per heavy atom. The highest BCUT2D eigenvalue weighted by Gasteiger charge is 2.24. The lowest BCUT2D eigenvalue weighted by molar-refractivity contribution is -0.121. The number of carbonyl (C=O) groups excluding carboxylic acids is 1. The van der Waals surface area contributed by atoms with Crippen LogP contribution >= 0.6 is 11.6 Å². The fraction of sp³-hybridized carbons (Fsp3) is 0.571. The largest absolute Gasteiger partial charge is 0.379 e. The lowest BCUT2D eigenvalue weighted by Crippen LogP contribution is -2.43. The van der Waals surface area contributed by atoms with Gasteiger partial charge in [-0.25, -0.2) is 0 Å².